The Morgan fingerprint density at radius 2 is 1.80 bits per heavy atom. The van der Waals surface area contributed by atoms with Crippen molar-refractivity contribution in [3.8, 4) is 11.3 Å². The average Bonchev–Trinajstić information content (AvgIpc) is 3.49. The number of aromatic nitrogens is 3. The Balaban J connectivity index is 1.43. The molecule has 5 rings (SSSR count). The number of aliphatic hydroxyl groups excluding tert-OH is 3. The van der Waals surface area contributed by atoms with E-state index in [2.05, 4.69) is 10.3 Å². The number of carbonyl (C=O) groups is 1. The maximum atomic E-state index is 13.9. The lowest BCUT2D eigenvalue weighted by Gasteiger charge is -2.45. The van der Waals surface area contributed by atoms with Crippen LogP contribution in [-0.2, 0) is 20.8 Å². The Labute approximate surface area is 255 Å². The SMILES string of the molecule is CN(Cc1ccccc1)C(=O)[C@H](S[C@@H]1O[C@H](CO)[C@H](O)[C@H](n2cc(-c3cc(F)c(F)c(F)c3)nn2)[C@H]1O)C1(O)CCOCC1. The number of benzene rings is 2. The highest BCUT2D eigenvalue weighted by molar-refractivity contribution is 8.01. The zero-order valence-corrected chi connectivity index (χ0v) is 24.5. The second kappa shape index (κ2) is 13.5. The minimum atomic E-state index is -1.65. The van der Waals surface area contributed by atoms with E-state index in [1.165, 1.54) is 11.1 Å². The summed E-state index contributed by atoms with van der Waals surface area (Å²) >= 11 is 0.861. The van der Waals surface area contributed by atoms with Crippen molar-refractivity contribution < 1.29 is 47.9 Å². The number of hydrogen-bond donors (Lipinski definition) is 4. The molecule has 2 aliphatic heterocycles. The molecule has 0 unspecified atom stereocenters. The second-order valence-electron chi connectivity index (χ2n) is 10.9. The van der Waals surface area contributed by atoms with Gasteiger partial charge in [0.1, 0.15) is 40.7 Å². The van der Waals surface area contributed by atoms with E-state index >= 15 is 0 Å². The molecule has 6 atom stereocenters. The van der Waals surface area contributed by atoms with Crippen LogP contribution in [0.5, 0.6) is 0 Å². The lowest BCUT2D eigenvalue weighted by atomic mass is 9.89. The maximum absolute atomic E-state index is 13.9. The van der Waals surface area contributed by atoms with E-state index in [9.17, 15) is 38.4 Å². The van der Waals surface area contributed by atoms with Crippen molar-refractivity contribution in [3.05, 3.63) is 71.7 Å². The molecule has 0 bridgehead atoms. The molecule has 44 heavy (non-hydrogen) atoms. The highest BCUT2D eigenvalue weighted by atomic mass is 32.2. The van der Waals surface area contributed by atoms with Crippen LogP contribution in [0, 0.1) is 17.5 Å². The molecule has 1 aromatic heterocycles. The standard InChI is InChI=1S/C29H33F3N4O7S/c1-35(13-16-5-3-2-4-6-16)27(40)26(29(41)7-9-42-10-8-29)44-28-25(39)23(24(38)21(15-37)43-28)36-14-20(33-34-36)17-11-18(30)22(32)19(31)12-17/h2-6,11-12,14,21,23-26,28,37-39,41H,7-10,13,15H2,1H3/t21-,23+,24+,25-,26+,28+/m1/s1. The first-order chi connectivity index (χ1) is 21.0. The van der Waals surface area contributed by atoms with E-state index in [0.717, 1.165) is 34.1 Å². The summed E-state index contributed by atoms with van der Waals surface area (Å²) in [7, 11) is 1.60. The first-order valence-corrected chi connectivity index (χ1v) is 14.9. The van der Waals surface area contributed by atoms with Crippen molar-refractivity contribution in [3.63, 3.8) is 0 Å². The number of amides is 1. The molecule has 15 heteroatoms. The van der Waals surface area contributed by atoms with Gasteiger partial charge in [0.05, 0.1) is 18.4 Å². The summed E-state index contributed by atoms with van der Waals surface area (Å²) in [5.74, 6) is -4.94. The van der Waals surface area contributed by atoms with Crippen molar-refractivity contribution in [1.29, 1.82) is 0 Å². The maximum Gasteiger partial charge on any atom is 0.238 e. The number of nitrogens with zero attached hydrogens (tertiary/aromatic N) is 4. The van der Waals surface area contributed by atoms with E-state index in [1.54, 1.807) is 7.05 Å². The van der Waals surface area contributed by atoms with Gasteiger partial charge in [-0.1, -0.05) is 35.5 Å². The third-order valence-corrected chi connectivity index (χ3v) is 9.49. The van der Waals surface area contributed by atoms with Crippen LogP contribution in [0.1, 0.15) is 24.4 Å². The zero-order valence-electron chi connectivity index (χ0n) is 23.7. The first kappa shape index (κ1) is 32.3. The molecule has 11 nitrogen and oxygen atoms in total. The Morgan fingerprint density at radius 1 is 1.14 bits per heavy atom. The summed E-state index contributed by atoms with van der Waals surface area (Å²) in [6, 6.07) is 9.44. The smallest absolute Gasteiger partial charge is 0.238 e. The predicted octanol–water partition coefficient (Wildman–Crippen LogP) is 1.64. The summed E-state index contributed by atoms with van der Waals surface area (Å²) in [4.78, 5) is 15.4. The van der Waals surface area contributed by atoms with Gasteiger partial charge in [-0.25, -0.2) is 17.9 Å². The second-order valence-corrected chi connectivity index (χ2v) is 12.2. The van der Waals surface area contributed by atoms with Gasteiger partial charge in [-0.05, 0) is 17.7 Å². The van der Waals surface area contributed by atoms with Crippen LogP contribution < -0.4 is 0 Å². The average molecular weight is 639 g/mol. The normalized spacial score (nSPS) is 25.9. The number of halogens is 3. The molecular weight excluding hydrogens is 605 g/mol. The highest BCUT2D eigenvalue weighted by Crippen LogP contribution is 2.42. The van der Waals surface area contributed by atoms with Crippen molar-refractivity contribution in [2.75, 3.05) is 26.9 Å². The number of aliphatic hydroxyl groups is 4. The summed E-state index contributed by atoms with van der Waals surface area (Å²) < 4.78 is 53.5. The van der Waals surface area contributed by atoms with Crippen LogP contribution in [0.4, 0.5) is 13.2 Å². The van der Waals surface area contributed by atoms with Crippen LogP contribution in [0.15, 0.2) is 48.7 Å². The topological polar surface area (TPSA) is 150 Å². The molecule has 3 aromatic rings. The first-order valence-electron chi connectivity index (χ1n) is 14.0. The molecule has 2 aromatic carbocycles. The van der Waals surface area contributed by atoms with Gasteiger partial charge < -0.3 is 34.8 Å². The van der Waals surface area contributed by atoms with Gasteiger partial charge in [-0.15, -0.1) is 16.9 Å². The number of thioether (sulfide) groups is 1. The number of hydrogen-bond acceptors (Lipinski definition) is 10. The largest absolute Gasteiger partial charge is 0.394 e. The third kappa shape index (κ3) is 6.63. The Morgan fingerprint density at radius 3 is 2.43 bits per heavy atom. The molecule has 0 aliphatic carbocycles. The third-order valence-electron chi connectivity index (χ3n) is 7.92. The molecule has 2 aliphatic rings. The van der Waals surface area contributed by atoms with Crippen molar-refractivity contribution >= 4 is 17.7 Å². The molecule has 3 heterocycles. The molecule has 238 valence electrons. The molecule has 1 amide bonds. The van der Waals surface area contributed by atoms with Crippen LogP contribution in [0.25, 0.3) is 11.3 Å². The van der Waals surface area contributed by atoms with Gasteiger partial charge in [0.25, 0.3) is 0 Å². The predicted molar refractivity (Wildman–Crippen MR) is 151 cm³/mol. The molecule has 0 radical (unpaired) electrons. The Bertz CT molecular complexity index is 1420. The number of ether oxygens (including phenoxy) is 2. The summed E-state index contributed by atoms with van der Waals surface area (Å²) in [6.07, 6.45) is -2.84. The number of carbonyl (C=O) groups excluding carboxylic acids is 1. The monoisotopic (exact) mass is 638 g/mol. The van der Waals surface area contributed by atoms with Gasteiger partial charge >= 0.3 is 0 Å². The number of rotatable bonds is 9. The minimum Gasteiger partial charge on any atom is -0.394 e. The van der Waals surface area contributed by atoms with Gasteiger partial charge in [0, 0.05) is 45.2 Å². The molecule has 4 N–H and O–H groups in total. The molecular formula is C29H33F3N4O7S. The van der Waals surface area contributed by atoms with Gasteiger partial charge in [0.2, 0.25) is 5.91 Å². The van der Waals surface area contributed by atoms with Crippen LogP contribution in [0.2, 0.25) is 0 Å². The molecule has 0 saturated carbocycles. The molecule has 0 spiro atoms. The lowest BCUT2D eigenvalue weighted by Crippen LogP contribution is -2.58. The van der Waals surface area contributed by atoms with E-state index in [0.29, 0.717) is 0 Å². The van der Waals surface area contributed by atoms with E-state index in [-0.39, 0.29) is 43.9 Å². The van der Waals surface area contributed by atoms with Gasteiger partial charge in [-0.2, -0.15) is 0 Å². The fourth-order valence-electron chi connectivity index (χ4n) is 5.42. The summed E-state index contributed by atoms with van der Waals surface area (Å²) in [6.45, 7) is 0.0147. The lowest BCUT2D eigenvalue weighted by molar-refractivity contribution is -0.179. The van der Waals surface area contributed by atoms with Crippen molar-refractivity contribution in [2.24, 2.45) is 0 Å². The van der Waals surface area contributed by atoms with E-state index < -0.39 is 70.6 Å². The van der Waals surface area contributed by atoms with Crippen LogP contribution in [-0.4, -0.2) is 108 Å². The minimum absolute atomic E-state index is 0.0782. The van der Waals surface area contributed by atoms with E-state index in [4.69, 9.17) is 9.47 Å². The fraction of sp³-hybridized carbons (Fsp3) is 0.483. The summed E-state index contributed by atoms with van der Waals surface area (Å²) in [5, 5.41) is 50.8. The van der Waals surface area contributed by atoms with Gasteiger partial charge in [-0.3, -0.25) is 4.79 Å². The van der Waals surface area contributed by atoms with Crippen molar-refractivity contribution in [2.45, 2.75) is 60.0 Å². The Kier molecular flexibility index (Phi) is 9.94. The van der Waals surface area contributed by atoms with E-state index in [1.807, 2.05) is 30.3 Å². The quantitative estimate of drug-likeness (QED) is 0.255. The molecule has 2 saturated heterocycles. The van der Waals surface area contributed by atoms with Crippen molar-refractivity contribution in [1.82, 2.24) is 19.9 Å². The highest BCUT2D eigenvalue weighted by Gasteiger charge is 2.51. The summed E-state index contributed by atoms with van der Waals surface area (Å²) in [5.41, 5.74) is -2.12. The molecule has 2 fully saturated rings. The van der Waals surface area contributed by atoms with Crippen LogP contribution >= 0.6 is 11.8 Å². The van der Waals surface area contributed by atoms with Crippen LogP contribution in [0.3, 0.4) is 0 Å². The fourth-order valence-corrected chi connectivity index (χ4v) is 7.00. The zero-order chi connectivity index (χ0) is 31.6. The van der Waals surface area contributed by atoms with Gasteiger partial charge in [0.15, 0.2) is 17.5 Å². The Hall–Kier alpha value is -3.05.